The SMILES string of the molecule is CC(C)(C)c1ccc2c(c1)C(CCO)CC2. The number of rotatable bonds is 2. The lowest BCUT2D eigenvalue weighted by Gasteiger charge is -2.21. The second kappa shape index (κ2) is 4.21. The van der Waals surface area contributed by atoms with Crippen molar-refractivity contribution in [3.8, 4) is 0 Å². The molecular formula is C15H22O. The van der Waals surface area contributed by atoms with E-state index in [0.717, 1.165) is 6.42 Å². The molecule has 1 aromatic rings. The summed E-state index contributed by atoms with van der Waals surface area (Å²) in [4.78, 5) is 0. The maximum Gasteiger partial charge on any atom is 0.0436 e. The monoisotopic (exact) mass is 218 g/mol. The average Bonchev–Trinajstić information content (AvgIpc) is 2.60. The summed E-state index contributed by atoms with van der Waals surface area (Å²) in [5.41, 5.74) is 4.62. The fourth-order valence-corrected chi connectivity index (χ4v) is 2.61. The van der Waals surface area contributed by atoms with E-state index in [1.54, 1.807) is 0 Å². The van der Waals surface area contributed by atoms with Crippen molar-refractivity contribution in [3.63, 3.8) is 0 Å². The largest absolute Gasteiger partial charge is 0.396 e. The summed E-state index contributed by atoms with van der Waals surface area (Å²) in [5, 5.41) is 9.08. The Hall–Kier alpha value is -0.820. The van der Waals surface area contributed by atoms with Gasteiger partial charge < -0.3 is 5.11 Å². The molecule has 0 radical (unpaired) electrons. The third kappa shape index (κ3) is 2.15. The molecule has 1 aliphatic rings. The first-order valence-corrected chi connectivity index (χ1v) is 6.26. The van der Waals surface area contributed by atoms with Gasteiger partial charge in [0, 0.05) is 6.61 Å². The Balaban J connectivity index is 2.34. The van der Waals surface area contributed by atoms with Crippen LogP contribution in [0.4, 0.5) is 0 Å². The predicted octanol–water partition coefficient (Wildman–Crippen LogP) is 3.40. The van der Waals surface area contributed by atoms with E-state index in [1.807, 2.05) is 0 Å². The van der Waals surface area contributed by atoms with Gasteiger partial charge in [-0.15, -0.1) is 0 Å². The minimum absolute atomic E-state index is 0.224. The molecule has 1 aromatic carbocycles. The van der Waals surface area contributed by atoms with Crippen molar-refractivity contribution in [1.29, 1.82) is 0 Å². The Bertz CT molecular complexity index is 372. The van der Waals surface area contributed by atoms with Crippen molar-refractivity contribution in [2.75, 3.05) is 6.61 Å². The van der Waals surface area contributed by atoms with Gasteiger partial charge in [0.15, 0.2) is 0 Å². The molecule has 0 amide bonds. The molecule has 1 heteroatoms. The fourth-order valence-electron chi connectivity index (χ4n) is 2.61. The summed E-state index contributed by atoms with van der Waals surface area (Å²) in [6.45, 7) is 7.07. The van der Waals surface area contributed by atoms with Crippen LogP contribution in [0.3, 0.4) is 0 Å². The van der Waals surface area contributed by atoms with Crippen molar-refractivity contribution in [2.45, 2.75) is 51.4 Å². The quantitative estimate of drug-likeness (QED) is 0.806. The summed E-state index contributed by atoms with van der Waals surface area (Å²) < 4.78 is 0. The smallest absolute Gasteiger partial charge is 0.0436 e. The molecule has 1 unspecified atom stereocenters. The van der Waals surface area contributed by atoms with Gasteiger partial charge in [-0.25, -0.2) is 0 Å². The molecule has 0 bridgehead atoms. The molecule has 0 fully saturated rings. The topological polar surface area (TPSA) is 20.2 Å². The predicted molar refractivity (Wildman–Crippen MR) is 67.9 cm³/mol. The van der Waals surface area contributed by atoms with Crippen LogP contribution in [0.2, 0.25) is 0 Å². The molecule has 0 spiro atoms. The minimum Gasteiger partial charge on any atom is -0.396 e. The van der Waals surface area contributed by atoms with Gasteiger partial charge >= 0.3 is 0 Å². The van der Waals surface area contributed by atoms with Crippen LogP contribution in [0.5, 0.6) is 0 Å². The molecule has 0 heterocycles. The fraction of sp³-hybridized carbons (Fsp3) is 0.600. The standard InChI is InChI=1S/C15H22O/c1-15(2,3)13-7-6-11-4-5-12(8-9-16)14(11)10-13/h6-7,10,12,16H,4-5,8-9H2,1-3H3. The first-order chi connectivity index (χ1) is 7.52. The number of aryl methyl sites for hydroxylation is 1. The van der Waals surface area contributed by atoms with E-state index in [-0.39, 0.29) is 5.41 Å². The summed E-state index contributed by atoms with van der Waals surface area (Å²) in [7, 11) is 0. The maximum absolute atomic E-state index is 9.08. The zero-order chi connectivity index (χ0) is 11.8. The Kier molecular flexibility index (Phi) is 3.07. The van der Waals surface area contributed by atoms with E-state index >= 15 is 0 Å². The second-order valence-electron chi connectivity index (χ2n) is 5.91. The summed E-state index contributed by atoms with van der Waals surface area (Å²) in [6.07, 6.45) is 3.31. The zero-order valence-corrected chi connectivity index (χ0v) is 10.6. The van der Waals surface area contributed by atoms with Crippen molar-refractivity contribution in [2.24, 2.45) is 0 Å². The molecule has 0 saturated heterocycles. The maximum atomic E-state index is 9.08. The second-order valence-corrected chi connectivity index (χ2v) is 5.91. The average molecular weight is 218 g/mol. The lowest BCUT2D eigenvalue weighted by atomic mass is 9.84. The lowest BCUT2D eigenvalue weighted by Crippen LogP contribution is -2.11. The van der Waals surface area contributed by atoms with Crippen LogP contribution in [0, 0.1) is 0 Å². The number of fused-ring (bicyclic) bond motifs is 1. The number of hydrogen-bond acceptors (Lipinski definition) is 1. The number of aliphatic hydroxyl groups is 1. The van der Waals surface area contributed by atoms with Crippen LogP contribution in [0.1, 0.15) is 56.2 Å². The van der Waals surface area contributed by atoms with Crippen LogP contribution in [0.15, 0.2) is 18.2 Å². The Morgan fingerprint density at radius 3 is 2.69 bits per heavy atom. The van der Waals surface area contributed by atoms with E-state index in [4.69, 9.17) is 5.11 Å². The van der Waals surface area contributed by atoms with Crippen LogP contribution in [0.25, 0.3) is 0 Å². The first kappa shape index (κ1) is 11.7. The highest BCUT2D eigenvalue weighted by atomic mass is 16.3. The van der Waals surface area contributed by atoms with E-state index in [9.17, 15) is 0 Å². The molecule has 16 heavy (non-hydrogen) atoms. The first-order valence-electron chi connectivity index (χ1n) is 6.26. The van der Waals surface area contributed by atoms with E-state index in [1.165, 1.54) is 29.5 Å². The van der Waals surface area contributed by atoms with Crippen molar-refractivity contribution >= 4 is 0 Å². The third-order valence-corrected chi connectivity index (χ3v) is 3.69. The molecule has 1 nitrogen and oxygen atoms in total. The van der Waals surface area contributed by atoms with Crippen molar-refractivity contribution in [3.05, 3.63) is 34.9 Å². The summed E-state index contributed by atoms with van der Waals surface area (Å²) in [5.74, 6) is 0.585. The highest BCUT2D eigenvalue weighted by molar-refractivity contribution is 5.40. The Labute approximate surface area is 98.5 Å². The van der Waals surface area contributed by atoms with Crippen LogP contribution < -0.4 is 0 Å². The normalized spacial score (nSPS) is 19.9. The highest BCUT2D eigenvalue weighted by Crippen LogP contribution is 2.37. The molecule has 1 atom stereocenters. The molecule has 1 N–H and O–H groups in total. The third-order valence-electron chi connectivity index (χ3n) is 3.69. The van der Waals surface area contributed by atoms with Gasteiger partial charge in [-0.05, 0) is 47.3 Å². The van der Waals surface area contributed by atoms with Crippen LogP contribution >= 0.6 is 0 Å². The van der Waals surface area contributed by atoms with Crippen LogP contribution in [-0.4, -0.2) is 11.7 Å². The lowest BCUT2D eigenvalue weighted by molar-refractivity contribution is 0.275. The van der Waals surface area contributed by atoms with Gasteiger partial charge in [0.05, 0.1) is 0 Å². The highest BCUT2D eigenvalue weighted by Gasteiger charge is 2.24. The molecule has 0 aromatic heterocycles. The molecule has 0 saturated carbocycles. The van der Waals surface area contributed by atoms with Gasteiger partial charge in [-0.3, -0.25) is 0 Å². The summed E-state index contributed by atoms with van der Waals surface area (Å²) in [6, 6.07) is 6.91. The molecule has 88 valence electrons. The van der Waals surface area contributed by atoms with Gasteiger partial charge in [-0.2, -0.15) is 0 Å². The Morgan fingerprint density at radius 2 is 2.06 bits per heavy atom. The van der Waals surface area contributed by atoms with Gasteiger partial charge in [0.2, 0.25) is 0 Å². The van der Waals surface area contributed by atoms with Crippen molar-refractivity contribution < 1.29 is 5.11 Å². The molecule has 0 aliphatic heterocycles. The van der Waals surface area contributed by atoms with Gasteiger partial charge in [0.25, 0.3) is 0 Å². The number of hydrogen-bond donors (Lipinski definition) is 1. The molecular weight excluding hydrogens is 196 g/mol. The number of aliphatic hydroxyl groups excluding tert-OH is 1. The number of benzene rings is 1. The van der Waals surface area contributed by atoms with Gasteiger partial charge in [-0.1, -0.05) is 39.0 Å². The van der Waals surface area contributed by atoms with E-state index in [0.29, 0.717) is 12.5 Å². The zero-order valence-electron chi connectivity index (χ0n) is 10.6. The molecule has 1 aliphatic carbocycles. The van der Waals surface area contributed by atoms with Gasteiger partial charge in [0.1, 0.15) is 0 Å². The Morgan fingerprint density at radius 1 is 1.31 bits per heavy atom. The molecule has 2 rings (SSSR count). The minimum atomic E-state index is 0.224. The summed E-state index contributed by atoms with van der Waals surface area (Å²) >= 11 is 0. The van der Waals surface area contributed by atoms with Crippen molar-refractivity contribution in [1.82, 2.24) is 0 Å². The van der Waals surface area contributed by atoms with E-state index in [2.05, 4.69) is 39.0 Å². The van der Waals surface area contributed by atoms with Crippen LogP contribution in [-0.2, 0) is 11.8 Å². The van der Waals surface area contributed by atoms with E-state index < -0.39 is 0 Å².